The van der Waals surface area contributed by atoms with Crippen LogP contribution in [-0.4, -0.2) is 46.4 Å². The van der Waals surface area contributed by atoms with Crippen molar-refractivity contribution in [1.29, 1.82) is 0 Å². The van der Waals surface area contributed by atoms with Crippen molar-refractivity contribution >= 4 is 33.2 Å². The SMILES string of the molecule is CN(C)CCNC(=O)c1ccc(NS(=O)(=O)c2ccccc2)c(Cl)c1. The van der Waals surface area contributed by atoms with Crippen molar-refractivity contribution in [3.05, 3.63) is 59.1 Å². The van der Waals surface area contributed by atoms with Crippen LogP contribution in [0, 0.1) is 0 Å². The van der Waals surface area contributed by atoms with Gasteiger partial charge in [0.1, 0.15) is 0 Å². The van der Waals surface area contributed by atoms with E-state index in [0.29, 0.717) is 18.7 Å². The summed E-state index contributed by atoms with van der Waals surface area (Å²) in [7, 11) is 0.0936. The predicted octanol–water partition coefficient (Wildman–Crippen LogP) is 2.43. The van der Waals surface area contributed by atoms with E-state index >= 15 is 0 Å². The Morgan fingerprint density at radius 1 is 1.12 bits per heavy atom. The summed E-state index contributed by atoms with van der Waals surface area (Å²) in [6.45, 7) is 1.22. The van der Waals surface area contributed by atoms with Gasteiger partial charge in [0, 0.05) is 18.7 Å². The van der Waals surface area contributed by atoms with Gasteiger partial charge >= 0.3 is 0 Å². The van der Waals surface area contributed by atoms with Crippen LogP contribution in [0.15, 0.2) is 53.4 Å². The second-order valence-corrected chi connectivity index (χ2v) is 7.76. The first kappa shape index (κ1) is 19.2. The normalized spacial score (nSPS) is 11.4. The Hall–Kier alpha value is -2.09. The number of hydrogen-bond acceptors (Lipinski definition) is 4. The fourth-order valence-corrected chi connectivity index (χ4v) is 3.42. The zero-order valence-corrected chi connectivity index (χ0v) is 15.6. The summed E-state index contributed by atoms with van der Waals surface area (Å²) >= 11 is 6.14. The van der Waals surface area contributed by atoms with Crippen molar-refractivity contribution in [3.63, 3.8) is 0 Å². The maximum absolute atomic E-state index is 12.3. The van der Waals surface area contributed by atoms with E-state index in [1.54, 1.807) is 18.2 Å². The molecule has 0 unspecified atom stereocenters. The van der Waals surface area contributed by atoms with Crippen molar-refractivity contribution in [3.8, 4) is 0 Å². The van der Waals surface area contributed by atoms with E-state index in [0.717, 1.165) is 0 Å². The van der Waals surface area contributed by atoms with Crippen LogP contribution in [0.4, 0.5) is 5.69 Å². The van der Waals surface area contributed by atoms with Crippen molar-refractivity contribution in [2.24, 2.45) is 0 Å². The quantitative estimate of drug-likeness (QED) is 0.772. The minimum Gasteiger partial charge on any atom is -0.351 e. The zero-order valence-electron chi connectivity index (χ0n) is 14.0. The average molecular weight is 382 g/mol. The molecule has 6 nitrogen and oxygen atoms in total. The summed E-state index contributed by atoms with van der Waals surface area (Å²) in [5.41, 5.74) is 0.585. The third kappa shape index (κ3) is 5.45. The number of nitrogens with zero attached hydrogens (tertiary/aromatic N) is 1. The van der Waals surface area contributed by atoms with Gasteiger partial charge < -0.3 is 10.2 Å². The average Bonchev–Trinajstić information content (AvgIpc) is 2.57. The van der Waals surface area contributed by atoms with Gasteiger partial charge in [0.05, 0.1) is 15.6 Å². The summed E-state index contributed by atoms with van der Waals surface area (Å²) in [6, 6.07) is 12.4. The standard InChI is InChI=1S/C17H20ClN3O3S/c1-21(2)11-10-19-17(22)13-8-9-16(15(18)12-13)20-25(23,24)14-6-4-3-5-7-14/h3-9,12,20H,10-11H2,1-2H3,(H,19,22). The number of halogens is 1. The number of likely N-dealkylation sites (N-methyl/N-ethyl adjacent to an activating group) is 1. The van der Waals surface area contributed by atoms with E-state index in [9.17, 15) is 13.2 Å². The van der Waals surface area contributed by atoms with Crippen LogP contribution in [0.5, 0.6) is 0 Å². The fraction of sp³-hybridized carbons (Fsp3) is 0.235. The van der Waals surface area contributed by atoms with E-state index < -0.39 is 10.0 Å². The number of rotatable bonds is 7. The zero-order chi connectivity index (χ0) is 18.4. The molecule has 0 aliphatic carbocycles. The maximum Gasteiger partial charge on any atom is 0.261 e. The lowest BCUT2D eigenvalue weighted by Crippen LogP contribution is -2.31. The van der Waals surface area contributed by atoms with Crippen LogP contribution in [0.1, 0.15) is 10.4 Å². The van der Waals surface area contributed by atoms with Crippen LogP contribution in [0.3, 0.4) is 0 Å². The maximum atomic E-state index is 12.3. The van der Waals surface area contributed by atoms with Crippen LogP contribution in [0.2, 0.25) is 5.02 Å². The van der Waals surface area contributed by atoms with Gasteiger partial charge in [0.15, 0.2) is 0 Å². The number of benzene rings is 2. The van der Waals surface area contributed by atoms with Gasteiger partial charge in [-0.25, -0.2) is 8.42 Å². The van der Waals surface area contributed by atoms with Gasteiger partial charge in [-0.3, -0.25) is 9.52 Å². The summed E-state index contributed by atoms with van der Waals surface area (Å²) in [4.78, 5) is 14.2. The van der Waals surface area contributed by atoms with Crippen molar-refractivity contribution in [2.45, 2.75) is 4.90 Å². The Labute approximate surface area is 152 Å². The molecule has 2 aromatic rings. The van der Waals surface area contributed by atoms with E-state index in [1.165, 1.54) is 30.3 Å². The molecule has 2 rings (SSSR count). The molecule has 8 heteroatoms. The molecule has 0 aromatic heterocycles. The first-order valence-electron chi connectivity index (χ1n) is 7.60. The molecule has 0 saturated heterocycles. The molecule has 0 spiro atoms. The highest BCUT2D eigenvalue weighted by atomic mass is 35.5. The second kappa shape index (κ2) is 8.33. The smallest absolute Gasteiger partial charge is 0.261 e. The molecule has 2 aromatic carbocycles. The summed E-state index contributed by atoms with van der Waals surface area (Å²) in [5, 5.41) is 2.93. The molecule has 2 N–H and O–H groups in total. The number of carbonyl (C=O) groups is 1. The molecule has 0 radical (unpaired) electrons. The Kier molecular flexibility index (Phi) is 6.41. The Balaban J connectivity index is 2.10. The summed E-state index contributed by atoms with van der Waals surface area (Å²) < 4.78 is 27.1. The third-order valence-corrected chi connectivity index (χ3v) is 5.07. The largest absolute Gasteiger partial charge is 0.351 e. The second-order valence-electron chi connectivity index (χ2n) is 5.67. The molecule has 0 saturated carbocycles. The number of nitrogens with one attached hydrogen (secondary N) is 2. The van der Waals surface area contributed by atoms with E-state index in [-0.39, 0.29) is 21.5 Å². The number of anilines is 1. The Morgan fingerprint density at radius 3 is 2.40 bits per heavy atom. The monoisotopic (exact) mass is 381 g/mol. The summed E-state index contributed by atoms with van der Waals surface area (Å²) in [5.74, 6) is -0.263. The topological polar surface area (TPSA) is 78.5 Å². The molecule has 0 atom stereocenters. The highest BCUT2D eigenvalue weighted by Crippen LogP contribution is 2.25. The van der Waals surface area contributed by atoms with Gasteiger partial charge in [0.2, 0.25) is 0 Å². The highest BCUT2D eigenvalue weighted by molar-refractivity contribution is 7.92. The molecular formula is C17H20ClN3O3S. The van der Waals surface area contributed by atoms with Gasteiger partial charge in [-0.1, -0.05) is 29.8 Å². The molecule has 0 aliphatic heterocycles. The van der Waals surface area contributed by atoms with E-state index in [4.69, 9.17) is 11.6 Å². The van der Waals surface area contributed by atoms with Crippen molar-refractivity contribution in [1.82, 2.24) is 10.2 Å². The minimum atomic E-state index is -3.73. The van der Waals surface area contributed by atoms with Crippen LogP contribution >= 0.6 is 11.6 Å². The lowest BCUT2D eigenvalue weighted by molar-refractivity contribution is 0.0951. The molecule has 134 valence electrons. The highest BCUT2D eigenvalue weighted by Gasteiger charge is 2.16. The minimum absolute atomic E-state index is 0.136. The third-order valence-electron chi connectivity index (χ3n) is 3.37. The molecule has 25 heavy (non-hydrogen) atoms. The number of amides is 1. The molecule has 0 heterocycles. The molecular weight excluding hydrogens is 362 g/mol. The van der Waals surface area contributed by atoms with E-state index in [2.05, 4.69) is 10.0 Å². The fourth-order valence-electron chi connectivity index (χ4n) is 2.04. The van der Waals surface area contributed by atoms with Crippen LogP contribution < -0.4 is 10.0 Å². The Morgan fingerprint density at radius 2 is 1.80 bits per heavy atom. The van der Waals surface area contributed by atoms with Crippen LogP contribution in [0.25, 0.3) is 0 Å². The first-order chi connectivity index (χ1) is 11.8. The van der Waals surface area contributed by atoms with E-state index in [1.807, 2.05) is 19.0 Å². The van der Waals surface area contributed by atoms with Gasteiger partial charge in [-0.05, 0) is 44.4 Å². The first-order valence-corrected chi connectivity index (χ1v) is 9.46. The van der Waals surface area contributed by atoms with Crippen molar-refractivity contribution in [2.75, 3.05) is 31.9 Å². The number of hydrogen-bond donors (Lipinski definition) is 2. The lowest BCUT2D eigenvalue weighted by atomic mass is 10.2. The molecule has 0 bridgehead atoms. The molecule has 0 aliphatic rings. The van der Waals surface area contributed by atoms with Crippen LogP contribution in [-0.2, 0) is 10.0 Å². The number of sulfonamides is 1. The van der Waals surface area contributed by atoms with Gasteiger partial charge in [-0.15, -0.1) is 0 Å². The number of carbonyl (C=O) groups excluding carboxylic acids is 1. The van der Waals surface area contributed by atoms with Crippen molar-refractivity contribution < 1.29 is 13.2 Å². The lowest BCUT2D eigenvalue weighted by Gasteiger charge is -2.12. The summed E-state index contributed by atoms with van der Waals surface area (Å²) in [6.07, 6.45) is 0. The van der Waals surface area contributed by atoms with Gasteiger partial charge in [0.25, 0.3) is 15.9 Å². The molecule has 1 amide bonds. The Bertz CT molecular complexity index is 839. The predicted molar refractivity (Wildman–Crippen MR) is 99.6 cm³/mol. The molecule has 0 fully saturated rings. The van der Waals surface area contributed by atoms with Gasteiger partial charge in [-0.2, -0.15) is 0 Å².